The number of nitrogens with zero attached hydrogens (tertiary/aromatic N) is 2. The van der Waals surface area contributed by atoms with Crippen LogP contribution in [0.5, 0.6) is 0 Å². The second kappa shape index (κ2) is 6.87. The number of halogens is 1. The molecule has 2 aliphatic rings. The third-order valence-electron chi connectivity index (χ3n) is 5.43. The summed E-state index contributed by atoms with van der Waals surface area (Å²) in [5, 5.41) is 0.605. The van der Waals surface area contributed by atoms with Crippen LogP contribution in [0.25, 0.3) is 0 Å². The van der Waals surface area contributed by atoms with E-state index in [2.05, 4.69) is 4.90 Å². The number of anilines is 1. The molecule has 2 fully saturated rings. The van der Waals surface area contributed by atoms with Gasteiger partial charge in [0.25, 0.3) is 10.0 Å². The predicted octanol–water partition coefficient (Wildman–Crippen LogP) is 3.94. The van der Waals surface area contributed by atoms with E-state index in [0.717, 1.165) is 38.0 Å². The summed E-state index contributed by atoms with van der Waals surface area (Å²) >= 11 is 6.03. The van der Waals surface area contributed by atoms with Crippen molar-refractivity contribution in [2.24, 2.45) is 5.92 Å². The van der Waals surface area contributed by atoms with Crippen molar-refractivity contribution in [3.63, 3.8) is 0 Å². The van der Waals surface area contributed by atoms with Gasteiger partial charge in [0.15, 0.2) is 0 Å². The zero-order valence-corrected chi connectivity index (χ0v) is 16.4. The first-order chi connectivity index (χ1) is 12.4. The first-order valence-electron chi connectivity index (χ1n) is 9.02. The molecule has 0 N–H and O–H groups in total. The second-order valence-corrected chi connectivity index (χ2v) is 9.65. The summed E-state index contributed by atoms with van der Waals surface area (Å²) in [6.07, 6.45) is 2.07. The van der Waals surface area contributed by atoms with Gasteiger partial charge in [-0.1, -0.05) is 29.3 Å². The van der Waals surface area contributed by atoms with Crippen LogP contribution < -0.4 is 4.31 Å². The maximum atomic E-state index is 13.5. The Balaban J connectivity index is 1.77. The predicted molar refractivity (Wildman–Crippen MR) is 105 cm³/mol. The molecule has 3 atom stereocenters. The lowest BCUT2D eigenvalue weighted by Gasteiger charge is -2.38. The quantitative estimate of drug-likeness (QED) is 0.793. The highest BCUT2D eigenvalue weighted by atomic mass is 35.5. The van der Waals surface area contributed by atoms with Crippen molar-refractivity contribution in [2.75, 3.05) is 23.9 Å². The topological polar surface area (TPSA) is 40.6 Å². The first kappa shape index (κ1) is 17.8. The molecule has 3 unspecified atom stereocenters. The zero-order chi connectivity index (χ0) is 18.3. The Bertz CT molecular complexity index is 869. The third-order valence-corrected chi connectivity index (χ3v) is 7.58. The fraction of sp³-hybridized carbons (Fsp3) is 0.400. The molecule has 138 valence electrons. The van der Waals surface area contributed by atoms with E-state index < -0.39 is 10.0 Å². The lowest BCUT2D eigenvalue weighted by Crippen LogP contribution is -2.50. The highest BCUT2D eigenvalue weighted by Gasteiger charge is 2.40. The van der Waals surface area contributed by atoms with Gasteiger partial charge in [0.05, 0.1) is 16.6 Å². The van der Waals surface area contributed by atoms with Gasteiger partial charge in [0, 0.05) is 18.1 Å². The van der Waals surface area contributed by atoms with Gasteiger partial charge >= 0.3 is 0 Å². The van der Waals surface area contributed by atoms with Crippen LogP contribution in [0.15, 0.2) is 53.4 Å². The minimum absolute atomic E-state index is 0.0521. The molecule has 4 rings (SSSR count). The minimum atomic E-state index is -3.64. The van der Waals surface area contributed by atoms with E-state index in [9.17, 15) is 8.42 Å². The van der Waals surface area contributed by atoms with Crippen LogP contribution in [0.1, 0.15) is 18.4 Å². The second-order valence-electron chi connectivity index (χ2n) is 7.39. The minimum Gasteiger partial charge on any atom is -0.301 e. The molecule has 0 spiro atoms. The maximum absolute atomic E-state index is 13.5. The van der Waals surface area contributed by atoms with E-state index in [1.807, 2.05) is 19.1 Å². The molecule has 4 nitrogen and oxygen atoms in total. The van der Waals surface area contributed by atoms with E-state index >= 15 is 0 Å². The van der Waals surface area contributed by atoms with Crippen molar-refractivity contribution < 1.29 is 8.42 Å². The lowest BCUT2D eigenvalue weighted by molar-refractivity contribution is 0.246. The van der Waals surface area contributed by atoms with Crippen molar-refractivity contribution in [1.82, 2.24) is 4.90 Å². The van der Waals surface area contributed by atoms with Crippen LogP contribution in [0.3, 0.4) is 0 Å². The smallest absolute Gasteiger partial charge is 0.264 e. The van der Waals surface area contributed by atoms with E-state index in [1.165, 1.54) is 0 Å². The number of fused-ring (bicyclic) bond motifs is 2. The summed E-state index contributed by atoms with van der Waals surface area (Å²) in [6, 6.07) is 14.2. The molecule has 2 bridgehead atoms. The van der Waals surface area contributed by atoms with E-state index in [4.69, 9.17) is 11.6 Å². The fourth-order valence-corrected chi connectivity index (χ4v) is 5.93. The molecular formula is C20H23ClN2O2S. The summed E-state index contributed by atoms with van der Waals surface area (Å²) in [6.45, 7) is 4.90. The summed E-state index contributed by atoms with van der Waals surface area (Å²) < 4.78 is 28.7. The number of piperidine rings is 1. The van der Waals surface area contributed by atoms with Crippen LogP contribution in [-0.4, -0.2) is 39.0 Å². The van der Waals surface area contributed by atoms with Crippen molar-refractivity contribution >= 4 is 27.3 Å². The van der Waals surface area contributed by atoms with Crippen molar-refractivity contribution in [3.05, 3.63) is 59.1 Å². The monoisotopic (exact) mass is 390 g/mol. The highest BCUT2D eigenvalue weighted by Crippen LogP contribution is 2.35. The SMILES string of the molecule is Cc1ccc(S(=O)(=O)N(c2ccc(Cl)cc2)C2CC3CCN(C3)C2)cc1. The Labute approximate surface area is 160 Å². The molecule has 2 aromatic carbocycles. The Morgan fingerprint density at radius 3 is 2.38 bits per heavy atom. The molecule has 2 heterocycles. The van der Waals surface area contributed by atoms with Crippen LogP contribution in [0.2, 0.25) is 5.02 Å². The first-order valence-corrected chi connectivity index (χ1v) is 10.8. The Morgan fingerprint density at radius 2 is 1.73 bits per heavy atom. The van der Waals surface area contributed by atoms with Gasteiger partial charge in [-0.2, -0.15) is 0 Å². The molecule has 0 aromatic heterocycles. The Morgan fingerprint density at radius 1 is 1.04 bits per heavy atom. The largest absolute Gasteiger partial charge is 0.301 e. The van der Waals surface area contributed by atoms with Gasteiger partial charge < -0.3 is 4.90 Å². The number of hydrogen-bond donors (Lipinski definition) is 0. The van der Waals surface area contributed by atoms with E-state index in [1.54, 1.807) is 40.7 Å². The molecule has 0 amide bonds. The molecule has 0 radical (unpaired) electrons. The standard InChI is InChI=1S/C20H23ClN2O2S/c1-15-2-8-20(9-3-15)26(24,25)23(18-6-4-17(21)5-7-18)19-12-16-10-11-22(13-16)14-19/h2-9,16,19H,10-14H2,1H3. The molecule has 26 heavy (non-hydrogen) atoms. The third kappa shape index (κ3) is 3.36. The zero-order valence-electron chi connectivity index (χ0n) is 14.8. The molecule has 0 saturated carbocycles. The fourth-order valence-electron chi connectivity index (χ4n) is 4.16. The molecule has 6 heteroatoms. The van der Waals surface area contributed by atoms with Gasteiger partial charge in [-0.25, -0.2) is 8.42 Å². The Kier molecular flexibility index (Phi) is 4.71. The van der Waals surface area contributed by atoms with Gasteiger partial charge in [-0.3, -0.25) is 4.31 Å². The number of benzene rings is 2. The molecule has 2 aromatic rings. The molecular weight excluding hydrogens is 368 g/mol. The lowest BCUT2D eigenvalue weighted by atomic mass is 9.96. The highest BCUT2D eigenvalue weighted by molar-refractivity contribution is 7.92. The van der Waals surface area contributed by atoms with E-state index in [0.29, 0.717) is 21.5 Å². The molecule has 2 saturated heterocycles. The molecule has 0 aliphatic carbocycles. The van der Waals surface area contributed by atoms with Crippen molar-refractivity contribution in [1.29, 1.82) is 0 Å². The number of hydrogen-bond acceptors (Lipinski definition) is 3. The van der Waals surface area contributed by atoms with Crippen molar-refractivity contribution in [2.45, 2.75) is 30.7 Å². The van der Waals surface area contributed by atoms with Crippen LogP contribution in [-0.2, 0) is 10.0 Å². The maximum Gasteiger partial charge on any atom is 0.264 e. The van der Waals surface area contributed by atoms with Gasteiger partial charge in [0.2, 0.25) is 0 Å². The molecule has 2 aliphatic heterocycles. The normalized spacial score (nSPS) is 25.2. The van der Waals surface area contributed by atoms with Gasteiger partial charge in [-0.15, -0.1) is 0 Å². The van der Waals surface area contributed by atoms with Crippen LogP contribution in [0.4, 0.5) is 5.69 Å². The summed E-state index contributed by atoms with van der Waals surface area (Å²) in [4.78, 5) is 2.72. The average molecular weight is 391 g/mol. The van der Waals surface area contributed by atoms with Crippen molar-refractivity contribution in [3.8, 4) is 0 Å². The number of rotatable bonds is 4. The van der Waals surface area contributed by atoms with Gasteiger partial charge in [-0.05, 0) is 68.6 Å². The average Bonchev–Trinajstić information content (AvgIpc) is 2.95. The Hall–Kier alpha value is -1.56. The van der Waals surface area contributed by atoms with Crippen LogP contribution >= 0.6 is 11.6 Å². The van der Waals surface area contributed by atoms with Crippen LogP contribution in [0, 0.1) is 12.8 Å². The summed E-state index contributed by atoms with van der Waals surface area (Å²) in [7, 11) is -3.64. The van der Waals surface area contributed by atoms with Gasteiger partial charge in [0.1, 0.15) is 0 Å². The summed E-state index contributed by atoms with van der Waals surface area (Å²) in [5.74, 6) is 0.580. The van der Waals surface area contributed by atoms with E-state index in [-0.39, 0.29) is 6.04 Å². The number of aryl methyl sites for hydroxylation is 1. The number of sulfonamides is 1. The summed E-state index contributed by atoms with van der Waals surface area (Å²) in [5.41, 5.74) is 1.73.